The zero-order valence-corrected chi connectivity index (χ0v) is 8.44. The Labute approximate surface area is 90.5 Å². The third-order valence-corrected chi connectivity index (χ3v) is 2.71. The van der Waals surface area contributed by atoms with Gasteiger partial charge in [-0.1, -0.05) is 0 Å². The lowest BCUT2D eigenvalue weighted by Gasteiger charge is -2.14. The van der Waals surface area contributed by atoms with E-state index in [2.05, 4.69) is 5.32 Å². The van der Waals surface area contributed by atoms with E-state index in [9.17, 15) is 17.6 Å². The fraction of sp³-hybridized carbons (Fsp3) is 0.455. The van der Waals surface area contributed by atoms with E-state index in [-0.39, 0.29) is 6.04 Å². The van der Waals surface area contributed by atoms with Gasteiger partial charge in [0, 0.05) is 6.04 Å². The normalized spacial score (nSPS) is 21.4. The van der Waals surface area contributed by atoms with Crippen LogP contribution >= 0.6 is 0 Å². The van der Waals surface area contributed by atoms with E-state index in [4.69, 9.17) is 0 Å². The molecule has 2 rings (SSSR count). The number of benzene rings is 1. The molecule has 1 aliphatic rings. The van der Waals surface area contributed by atoms with E-state index >= 15 is 0 Å². The third-order valence-electron chi connectivity index (χ3n) is 2.71. The summed E-state index contributed by atoms with van der Waals surface area (Å²) in [6.07, 6.45) is -2.83. The standard InChI is InChI=1S/C11H11F4N/c12-9-5-7(10-2-1-3-16-10)4-8(6-9)11(13,14)15/h4-6,10,16H,1-3H2/t10-/m1/s1. The molecule has 0 bridgehead atoms. The zero-order valence-electron chi connectivity index (χ0n) is 8.44. The SMILES string of the molecule is Fc1cc([C@H]2CCCN2)cc(C(F)(F)F)c1. The Bertz CT molecular complexity index is 380. The summed E-state index contributed by atoms with van der Waals surface area (Å²) in [6, 6.07) is 2.56. The summed E-state index contributed by atoms with van der Waals surface area (Å²) in [7, 11) is 0. The molecule has 88 valence electrons. The number of halogens is 4. The van der Waals surface area contributed by atoms with Crippen LogP contribution in [0.3, 0.4) is 0 Å². The fourth-order valence-electron chi connectivity index (χ4n) is 1.95. The van der Waals surface area contributed by atoms with Gasteiger partial charge in [-0.2, -0.15) is 13.2 Å². The van der Waals surface area contributed by atoms with Gasteiger partial charge in [0.1, 0.15) is 5.82 Å². The van der Waals surface area contributed by atoms with Gasteiger partial charge in [-0.25, -0.2) is 4.39 Å². The summed E-state index contributed by atoms with van der Waals surface area (Å²) in [6.45, 7) is 0.766. The molecule has 0 amide bonds. The van der Waals surface area contributed by atoms with Gasteiger partial charge in [-0.05, 0) is 43.1 Å². The summed E-state index contributed by atoms with van der Waals surface area (Å²) in [4.78, 5) is 0. The van der Waals surface area contributed by atoms with Crippen LogP contribution < -0.4 is 5.32 Å². The molecule has 1 atom stereocenters. The smallest absolute Gasteiger partial charge is 0.310 e. The van der Waals surface area contributed by atoms with Crippen molar-refractivity contribution in [1.82, 2.24) is 5.32 Å². The van der Waals surface area contributed by atoms with E-state index in [0.29, 0.717) is 11.6 Å². The second-order valence-corrected chi connectivity index (χ2v) is 3.92. The molecule has 5 heteroatoms. The highest BCUT2D eigenvalue weighted by molar-refractivity contribution is 5.29. The molecule has 1 saturated heterocycles. The first kappa shape index (κ1) is 11.4. The Morgan fingerprint density at radius 3 is 2.50 bits per heavy atom. The van der Waals surface area contributed by atoms with Gasteiger partial charge in [0.2, 0.25) is 0 Å². The van der Waals surface area contributed by atoms with Crippen molar-refractivity contribution in [3.05, 3.63) is 35.1 Å². The van der Waals surface area contributed by atoms with Crippen molar-refractivity contribution >= 4 is 0 Å². The van der Waals surface area contributed by atoms with E-state index in [1.54, 1.807) is 0 Å². The van der Waals surface area contributed by atoms with Crippen molar-refractivity contribution in [3.8, 4) is 0 Å². The summed E-state index contributed by atoms with van der Waals surface area (Å²) in [5.41, 5.74) is -0.541. The topological polar surface area (TPSA) is 12.0 Å². The monoisotopic (exact) mass is 233 g/mol. The molecule has 1 aromatic rings. The molecule has 1 nitrogen and oxygen atoms in total. The Kier molecular flexibility index (Phi) is 2.88. The van der Waals surface area contributed by atoms with Crippen LogP contribution in [0.15, 0.2) is 18.2 Å². The van der Waals surface area contributed by atoms with Gasteiger partial charge in [-0.3, -0.25) is 0 Å². The summed E-state index contributed by atoms with van der Waals surface area (Å²) in [5, 5.41) is 3.04. The zero-order chi connectivity index (χ0) is 11.8. The predicted octanol–water partition coefficient (Wildman–Crippen LogP) is 3.27. The summed E-state index contributed by atoms with van der Waals surface area (Å²) in [5.74, 6) is -0.835. The molecule has 0 unspecified atom stereocenters. The molecular weight excluding hydrogens is 222 g/mol. The van der Waals surface area contributed by atoms with Crippen LogP contribution in [0.1, 0.15) is 30.0 Å². The number of hydrogen-bond donors (Lipinski definition) is 1. The molecular formula is C11H11F4N. The van der Waals surface area contributed by atoms with Crippen molar-refractivity contribution < 1.29 is 17.6 Å². The maximum absolute atomic E-state index is 13.1. The van der Waals surface area contributed by atoms with Crippen molar-refractivity contribution in [2.45, 2.75) is 25.1 Å². The molecule has 1 heterocycles. The van der Waals surface area contributed by atoms with Gasteiger partial charge in [0.15, 0.2) is 0 Å². The summed E-state index contributed by atoms with van der Waals surface area (Å²) < 4.78 is 50.4. The minimum Gasteiger partial charge on any atom is -0.310 e. The second kappa shape index (κ2) is 4.05. The van der Waals surface area contributed by atoms with E-state index in [1.165, 1.54) is 0 Å². The Hall–Kier alpha value is -1.10. The lowest BCUT2D eigenvalue weighted by molar-refractivity contribution is -0.137. The molecule has 1 fully saturated rings. The average Bonchev–Trinajstić information content (AvgIpc) is 2.68. The van der Waals surface area contributed by atoms with Crippen LogP contribution in [-0.4, -0.2) is 6.54 Å². The van der Waals surface area contributed by atoms with E-state index in [0.717, 1.165) is 31.5 Å². The third kappa shape index (κ3) is 2.35. The first-order valence-electron chi connectivity index (χ1n) is 5.08. The Morgan fingerprint density at radius 2 is 1.94 bits per heavy atom. The van der Waals surface area contributed by atoms with Crippen LogP contribution in [0.4, 0.5) is 17.6 Å². The molecule has 0 aliphatic carbocycles. The number of hydrogen-bond acceptors (Lipinski definition) is 1. The van der Waals surface area contributed by atoms with Gasteiger partial charge >= 0.3 is 6.18 Å². The van der Waals surface area contributed by atoms with E-state index < -0.39 is 17.6 Å². The second-order valence-electron chi connectivity index (χ2n) is 3.92. The number of nitrogens with one attached hydrogen (secondary N) is 1. The van der Waals surface area contributed by atoms with Crippen molar-refractivity contribution in [1.29, 1.82) is 0 Å². The van der Waals surface area contributed by atoms with Gasteiger partial charge in [-0.15, -0.1) is 0 Å². The lowest BCUT2D eigenvalue weighted by atomic mass is 10.0. The molecule has 0 radical (unpaired) electrons. The van der Waals surface area contributed by atoms with Crippen LogP contribution in [0.2, 0.25) is 0 Å². The van der Waals surface area contributed by atoms with Gasteiger partial charge < -0.3 is 5.32 Å². The van der Waals surface area contributed by atoms with Crippen molar-refractivity contribution in [2.24, 2.45) is 0 Å². The molecule has 1 aliphatic heterocycles. The van der Waals surface area contributed by atoms with Crippen LogP contribution in [0, 0.1) is 5.82 Å². The predicted molar refractivity (Wildman–Crippen MR) is 51.4 cm³/mol. The Balaban J connectivity index is 2.35. The Morgan fingerprint density at radius 1 is 1.19 bits per heavy atom. The van der Waals surface area contributed by atoms with Crippen molar-refractivity contribution in [3.63, 3.8) is 0 Å². The molecule has 1 aromatic carbocycles. The molecule has 0 spiro atoms. The highest BCUT2D eigenvalue weighted by Crippen LogP contribution is 2.33. The number of rotatable bonds is 1. The molecule has 16 heavy (non-hydrogen) atoms. The first-order valence-corrected chi connectivity index (χ1v) is 5.08. The minimum absolute atomic E-state index is 0.156. The summed E-state index contributed by atoms with van der Waals surface area (Å²) >= 11 is 0. The van der Waals surface area contributed by atoms with Crippen LogP contribution in [0.25, 0.3) is 0 Å². The molecule has 1 N–H and O–H groups in total. The quantitative estimate of drug-likeness (QED) is 0.734. The largest absolute Gasteiger partial charge is 0.416 e. The van der Waals surface area contributed by atoms with Gasteiger partial charge in [0.25, 0.3) is 0 Å². The van der Waals surface area contributed by atoms with Crippen LogP contribution in [-0.2, 0) is 6.18 Å². The average molecular weight is 233 g/mol. The maximum atomic E-state index is 13.1. The van der Waals surface area contributed by atoms with E-state index in [1.807, 2.05) is 0 Å². The molecule has 0 aromatic heterocycles. The fourth-order valence-corrected chi connectivity index (χ4v) is 1.95. The lowest BCUT2D eigenvalue weighted by Crippen LogP contribution is -2.14. The highest BCUT2D eigenvalue weighted by atomic mass is 19.4. The maximum Gasteiger partial charge on any atom is 0.416 e. The van der Waals surface area contributed by atoms with Crippen molar-refractivity contribution in [2.75, 3.05) is 6.54 Å². The highest BCUT2D eigenvalue weighted by Gasteiger charge is 2.32. The number of alkyl halides is 3. The molecule has 0 saturated carbocycles. The minimum atomic E-state index is -4.49. The first-order chi connectivity index (χ1) is 7.47. The van der Waals surface area contributed by atoms with Gasteiger partial charge in [0.05, 0.1) is 5.56 Å². The van der Waals surface area contributed by atoms with Crippen LogP contribution in [0.5, 0.6) is 0 Å².